The van der Waals surface area contributed by atoms with Crippen molar-refractivity contribution in [2.45, 2.75) is 32.2 Å². The molecule has 0 atom stereocenters. The van der Waals surface area contributed by atoms with Gasteiger partial charge >= 0.3 is 12.0 Å². The van der Waals surface area contributed by atoms with Crippen molar-refractivity contribution in [3.63, 3.8) is 0 Å². The summed E-state index contributed by atoms with van der Waals surface area (Å²) in [6, 6.07) is 2.83. The number of hydrogen-bond acceptors (Lipinski definition) is 8. The molecule has 9 nitrogen and oxygen atoms in total. The van der Waals surface area contributed by atoms with Crippen LogP contribution in [0.3, 0.4) is 0 Å². The van der Waals surface area contributed by atoms with E-state index in [0.717, 1.165) is 18.2 Å². The lowest BCUT2D eigenvalue weighted by Gasteiger charge is -2.11. The fourth-order valence-corrected chi connectivity index (χ4v) is 3.05. The third kappa shape index (κ3) is 5.81. The molecule has 0 unspecified atom stereocenters. The molecule has 2 rings (SSSR count). The number of urea groups is 1. The van der Waals surface area contributed by atoms with Crippen molar-refractivity contribution < 1.29 is 23.5 Å². The van der Waals surface area contributed by atoms with Crippen LogP contribution in [0.2, 0.25) is 0 Å². The van der Waals surface area contributed by atoms with E-state index < -0.39 is 17.9 Å². The van der Waals surface area contributed by atoms with E-state index in [9.17, 15) is 14.4 Å². The van der Waals surface area contributed by atoms with Gasteiger partial charge in [-0.25, -0.2) is 19.6 Å². The molecule has 0 aliphatic rings. The third-order valence-electron chi connectivity index (χ3n) is 3.41. The summed E-state index contributed by atoms with van der Waals surface area (Å²) in [4.78, 5) is 44.6. The Bertz CT molecular complexity index is 839. The van der Waals surface area contributed by atoms with Crippen molar-refractivity contribution in [1.82, 2.24) is 20.6 Å². The largest absolute Gasteiger partial charge is 0.462 e. The van der Waals surface area contributed by atoms with Gasteiger partial charge in [0.05, 0.1) is 24.3 Å². The standard InChI is InChI=1S/C18H22N4O5S/c1-4-8-19-18(25)21-13(23)10-28-16-14(17(24)26-5-2)11(3)20-15(22-16)12-7-6-9-27-12/h6-7,9H,4-5,8,10H2,1-3H3,(H2,19,21,23,25). The predicted molar refractivity (Wildman–Crippen MR) is 103 cm³/mol. The number of nitrogens with zero attached hydrogens (tertiary/aromatic N) is 2. The first-order valence-corrected chi connectivity index (χ1v) is 9.74. The Labute approximate surface area is 166 Å². The molecular weight excluding hydrogens is 384 g/mol. The van der Waals surface area contributed by atoms with E-state index in [0.29, 0.717) is 23.8 Å². The molecule has 0 saturated carbocycles. The summed E-state index contributed by atoms with van der Waals surface area (Å²) < 4.78 is 10.4. The lowest BCUT2D eigenvalue weighted by molar-refractivity contribution is -0.117. The van der Waals surface area contributed by atoms with Gasteiger partial charge in [-0.3, -0.25) is 10.1 Å². The lowest BCUT2D eigenvalue weighted by atomic mass is 10.2. The molecule has 10 heteroatoms. The summed E-state index contributed by atoms with van der Waals surface area (Å²) in [6.45, 7) is 5.92. The van der Waals surface area contributed by atoms with Crippen molar-refractivity contribution in [1.29, 1.82) is 0 Å². The first-order chi connectivity index (χ1) is 13.5. The van der Waals surface area contributed by atoms with Crippen molar-refractivity contribution >= 4 is 29.7 Å². The van der Waals surface area contributed by atoms with E-state index in [2.05, 4.69) is 20.6 Å². The average Bonchev–Trinajstić information content (AvgIpc) is 3.19. The Morgan fingerprint density at radius 3 is 2.68 bits per heavy atom. The van der Waals surface area contributed by atoms with Gasteiger partial charge in [-0.15, -0.1) is 0 Å². The number of imide groups is 1. The van der Waals surface area contributed by atoms with Gasteiger partial charge < -0.3 is 14.5 Å². The van der Waals surface area contributed by atoms with Gasteiger partial charge in [0.2, 0.25) is 5.91 Å². The van der Waals surface area contributed by atoms with Crippen LogP contribution in [-0.2, 0) is 9.53 Å². The highest BCUT2D eigenvalue weighted by atomic mass is 32.2. The zero-order valence-corrected chi connectivity index (χ0v) is 16.7. The van der Waals surface area contributed by atoms with Gasteiger partial charge in [0.25, 0.3) is 0 Å². The minimum absolute atomic E-state index is 0.111. The van der Waals surface area contributed by atoms with Crippen molar-refractivity contribution in [3.8, 4) is 11.6 Å². The molecule has 0 radical (unpaired) electrons. The quantitative estimate of drug-likeness (QED) is 0.389. The van der Waals surface area contributed by atoms with E-state index in [1.807, 2.05) is 6.92 Å². The smallest absolute Gasteiger partial charge is 0.342 e. The van der Waals surface area contributed by atoms with Gasteiger partial charge in [-0.2, -0.15) is 0 Å². The van der Waals surface area contributed by atoms with Crippen LogP contribution in [0.25, 0.3) is 11.6 Å². The third-order valence-corrected chi connectivity index (χ3v) is 4.38. The molecule has 0 fully saturated rings. The number of ether oxygens (including phenoxy) is 1. The summed E-state index contributed by atoms with van der Waals surface area (Å²) in [6.07, 6.45) is 2.25. The maximum atomic E-state index is 12.3. The zero-order chi connectivity index (χ0) is 20.5. The Hall–Kier alpha value is -2.88. The topological polar surface area (TPSA) is 123 Å². The number of hydrogen-bond donors (Lipinski definition) is 2. The molecule has 0 aliphatic carbocycles. The van der Waals surface area contributed by atoms with Crippen LogP contribution < -0.4 is 10.6 Å². The Balaban J connectivity index is 2.21. The van der Waals surface area contributed by atoms with Gasteiger partial charge in [0.1, 0.15) is 10.6 Å². The van der Waals surface area contributed by atoms with Gasteiger partial charge in [-0.1, -0.05) is 18.7 Å². The van der Waals surface area contributed by atoms with Crippen LogP contribution in [0.5, 0.6) is 0 Å². The molecule has 2 heterocycles. The van der Waals surface area contributed by atoms with Crippen LogP contribution in [0.15, 0.2) is 27.8 Å². The zero-order valence-electron chi connectivity index (χ0n) is 15.9. The van der Waals surface area contributed by atoms with Crippen LogP contribution >= 0.6 is 11.8 Å². The molecule has 2 N–H and O–H groups in total. The van der Waals surface area contributed by atoms with E-state index in [1.165, 1.54) is 6.26 Å². The predicted octanol–water partition coefficient (Wildman–Crippen LogP) is 2.55. The summed E-state index contributed by atoms with van der Waals surface area (Å²) in [5.41, 5.74) is 0.592. The summed E-state index contributed by atoms with van der Waals surface area (Å²) in [7, 11) is 0. The molecule has 150 valence electrons. The fourth-order valence-electron chi connectivity index (χ4n) is 2.18. The Kier molecular flexibility index (Phi) is 8.00. The number of esters is 1. The molecule has 0 saturated heterocycles. The second-order valence-electron chi connectivity index (χ2n) is 5.60. The summed E-state index contributed by atoms with van der Waals surface area (Å²) in [5.74, 6) is -0.471. The van der Waals surface area contributed by atoms with E-state index >= 15 is 0 Å². The maximum absolute atomic E-state index is 12.3. The highest BCUT2D eigenvalue weighted by molar-refractivity contribution is 8.00. The molecule has 3 amide bonds. The summed E-state index contributed by atoms with van der Waals surface area (Å²) in [5, 5.41) is 5.06. The minimum atomic E-state index is -0.574. The normalized spacial score (nSPS) is 10.4. The highest BCUT2D eigenvalue weighted by Crippen LogP contribution is 2.27. The first kappa shape index (κ1) is 21.4. The van der Waals surface area contributed by atoms with Crippen LogP contribution in [-0.4, -0.2) is 46.8 Å². The van der Waals surface area contributed by atoms with Crippen LogP contribution in [0.1, 0.15) is 36.3 Å². The number of carbonyl (C=O) groups is 3. The fraction of sp³-hybridized carbons (Fsp3) is 0.389. The second-order valence-corrected chi connectivity index (χ2v) is 6.57. The van der Waals surface area contributed by atoms with Crippen molar-refractivity contribution in [2.24, 2.45) is 0 Å². The molecule has 0 spiro atoms. The number of furan rings is 1. The van der Waals surface area contributed by atoms with Gasteiger partial charge in [0, 0.05) is 6.54 Å². The number of aryl methyl sites for hydroxylation is 1. The van der Waals surface area contributed by atoms with Crippen molar-refractivity contribution in [2.75, 3.05) is 18.9 Å². The molecule has 0 aliphatic heterocycles. The number of amides is 3. The molecular formula is C18H22N4O5S. The highest BCUT2D eigenvalue weighted by Gasteiger charge is 2.22. The maximum Gasteiger partial charge on any atom is 0.342 e. The van der Waals surface area contributed by atoms with Gasteiger partial charge in [-0.05, 0) is 32.4 Å². The Morgan fingerprint density at radius 2 is 2.04 bits per heavy atom. The SMILES string of the molecule is CCCNC(=O)NC(=O)CSc1nc(-c2ccco2)nc(C)c1C(=O)OCC. The molecule has 2 aromatic rings. The van der Waals surface area contributed by atoms with E-state index in [1.54, 1.807) is 26.0 Å². The van der Waals surface area contributed by atoms with E-state index in [-0.39, 0.29) is 22.9 Å². The molecule has 28 heavy (non-hydrogen) atoms. The monoisotopic (exact) mass is 406 g/mol. The number of rotatable bonds is 8. The number of aromatic nitrogens is 2. The molecule has 0 aromatic carbocycles. The minimum Gasteiger partial charge on any atom is -0.462 e. The van der Waals surface area contributed by atoms with Crippen LogP contribution in [0.4, 0.5) is 4.79 Å². The number of thioether (sulfide) groups is 1. The van der Waals surface area contributed by atoms with Crippen LogP contribution in [0, 0.1) is 6.92 Å². The first-order valence-electron chi connectivity index (χ1n) is 8.76. The summed E-state index contributed by atoms with van der Waals surface area (Å²) >= 11 is 1.02. The Morgan fingerprint density at radius 1 is 1.25 bits per heavy atom. The lowest BCUT2D eigenvalue weighted by Crippen LogP contribution is -2.40. The average molecular weight is 406 g/mol. The number of carbonyl (C=O) groups excluding carboxylic acids is 3. The van der Waals surface area contributed by atoms with Gasteiger partial charge in [0.15, 0.2) is 11.6 Å². The number of nitrogens with one attached hydrogen (secondary N) is 2. The van der Waals surface area contributed by atoms with Crippen molar-refractivity contribution in [3.05, 3.63) is 29.7 Å². The molecule has 2 aromatic heterocycles. The second kappa shape index (κ2) is 10.5. The van der Waals surface area contributed by atoms with E-state index in [4.69, 9.17) is 9.15 Å². The molecule has 0 bridgehead atoms.